The first kappa shape index (κ1) is 18.0. The second-order valence-corrected chi connectivity index (χ2v) is 8.81. The quantitative estimate of drug-likeness (QED) is 0.681. The third kappa shape index (κ3) is 5.37. The molecule has 0 saturated heterocycles. The maximum atomic E-state index is 12.3. The monoisotopic (exact) mass is 336 g/mol. The highest BCUT2D eigenvalue weighted by atomic mass is 32.2. The smallest absolute Gasteiger partial charge is 0.250 e. The normalized spacial score (nSPS) is 13.6. The summed E-state index contributed by atoms with van der Waals surface area (Å²) in [6.45, 7) is 7.64. The minimum Gasteiger partial charge on any atom is -0.312 e. The van der Waals surface area contributed by atoms with E-state index >= 15 is 0 Å². The Morgan fingerprint density at radius 3 is 2.75 bits per heavy atom. The van der Waals surface area contributed by atoms with Crippen LogP contribution >= 0.6 is 23.1 Å². The largest absolute Gasteiger partial charge is 0.312 e. The van der Waals surface area contributed by atoms with Crippen molar-refractivity contribution in [3.8, 4) is 0 Å². The molecule has 4 nitrogen and oxygen atoms in total. The number of hydrogen-bond acceptors (Lipinski definition) is 5. The van der Waals surface area contributed by atoms with Gasteiger partial charge in [0, 0.05) is 23.2 Å². The Bertz CT molecular complexity index is 512. The van der Waals surface area contributed by atoms with Crippen LogP contribution in [0.15, 0.2) is 10.3 Å². The average molecular weight is 337 g/mol. The number of thioether (sulfide) groups is 1. The fourth-order valence-corrected chi connectivity index (χ4v) is 5.29. The number of hydrogen-bond donors (Lipinski definition) is 2. The van der Waals surface area contributed by atoms with Crippen molar-refractivity contribution >= 4 is 33.1 Å². The summed E-state index contributed by atoms with van der Waals surface area (Å²) in [5.74, 6) is 0.772. The standard InChI is InChI=1S/C13H24N2O2S3/c1-5-6-14-8-12-10(2)7-13(19-12)20(16,17)15-11(3)9-18-4/h7,11,14-15H,5-6,8-9H2,1-4H3. The predicted molar refractivity (Wildman–Crippen MR) is 89.2 cm³/mol. The highest BCUT2D eigenvalue weighted by Crippen LogP contribution is 2.26. The lowest BCUT2D eigenvalue weighted by Crippen LogP contribution is -2.33. The molecule has 20 heavy (non-hydrogen) atoms. The van der Waals surface area contributed by atoms with Gasteiger partial charge in [-0.05, 0) is 44.7 Å². The van der Waals surface area contributed by atoms with Crippen LogP contribution in [0.25, 0.3) is 0 Å². The SMILES string of the molecule is CCCNCc1sc(S(=O)(=O)NC(C)CSC)cc1C. The highest BCUT2D eigenvalue weighted by Gasteiger charge is 2.20. The first-order chi connectivity index (χ1) is 9.40. The topological polar surface area (TPSA) is 58.2 Å². The second-order valence-electron chi connectivity index (χ2n) is 4.83. The summed E-state index contributed by atoms with van der Waals surface area (Å²) in [5, 5.41) is 3.31. The average Bonchev–Trinajstić information content (AvgIpc) is 2.72. The van der Waals surface area contributed by atoms with Gasteiger partial charge in [0.05, 0.1) is 0 Å². The summed E-state index contributed by atoms with van der Waals surface area (Å²) in [7, 11) is -3.39. The fourth-order valence-electron chi connectivity index (χ4n) is 1.78. The molecular formula is C13H24N2O2S3. The van der Waals surface area contributed by atoms with Gasteiger partial charge in [-0.25, -0.2) is 13.1 Å². The van der Waals surface area contributed by atoms with Gasteiger partial charge in [-0.3, -0.25) is 0 Å². The van der Waals surface area contributed by atoms with E-state index in [2.05, 4.69) is 17.0 Å². The van der Waals surface area contributed by atoms with Crippen molar-refractivity contribution in [2.45, 2.75) is 44.0 Å². The molecule has 1 aromatic rings. The van der Waals surface area contributed by atoms with Crippen LogP contribution in [0.1, 0.15) is 30.7 Å². The molecule has 1 atom stereocenters. The zero-order valence-corrected chi connectivity index (χ0v) is 15.0. The van der Waals surface area contributed by atoms with Gasteiger partial charge in [0.15, 0.2) is 0 Å². The Morgan fingerprint density at radius 2 is 2.15 bits per heavy atom. The van der Waals surface area contributed by atoms with E-state index < -0.39 is 10.0 Å². The van der Waals surface area contributed by atoms with Gasteiger partial charge in [-0.1, -0.05) is 6.92 Å². The Morgan fingerprint density at radius 1 is 1.45 bits per heavy atom. The maximum absolute atomic E-state index is 12.3. The summed E-state index contributed by atoms with van der Waals surface area (Å²) < 4.78 is 27.7. The van der Waals surface area contributed by atoms with Crippen molar-refractivity contribution < 1.29 is 8.42 Å². The molecule has 0 amide bonds. The third-order valence-corrected chi connectivity index (χ3v) is 6.88. The molecule has 0 saturated carbocycles. The van der Waals surface area contributed by atoms with Gasteiger partial charge in [0.1, 0.15) is 4.21 Å². The summed E-state index contributed by atoms with van der Waals surface area (Å²) in [6.07, 6.45) is 3.04. The first-order valence-electron chi connectivity index (χ1n) is 6.72. The molecule has 0 bridgehead atoms. The summed E-state index contributed by atoms with van der Waals surface area (Å²) in [6, 6.07) is 1.71. The van der Waals surface area contributed by atoms with Crippen LogP contribution in [0.5, 0.6) is 0 Å². The number of rotatable bonds is 9. The third-order valence-electron chi connectivity index (χ3n) is 2.75. The van der Waals surface area contributed by atoms with Crippen LogP contribution < -0.4 is 10.0 Å². The lowest BCUT2D eigenvalue weighted by Gasteiger charge is -2.11. The van der Waals surface area contributed by atoms with E-state index in [0.29, 0.717) is 4.21 Å². The van der Waals surface area contributed by atoms with Gasteiger partial charge in [-0.15, -0.1) is 11.3 Å². The Hall–Kier alpha value is -0.0800. The van der Waals surface area contributed by atoms with Gasteiger partial charge in [0.25, 0.3) is 0 Å². The second kappa shape index (κ2) is 8.38. The van der Waals surface area contributed by atoms with Gasteiger partial charge in [0.2, 0.25) is 10.0 Å². The van der Waals surface area contributed by atoms with E-state index in [-0.39, 0.29) is 6.04 Å². The Balaban J connectivity index is 2.78. The van der Waals surface area contributed by atoms with Crippen LogP contribution in [0.2, 0.25) is 0 Å². The zero-order chi connectivity index (χ0) is 15.2. The van der Waals surface area contributed by atoms with E-state index in [1.54, 1.807) is 17.8 Å². The number of sulfonamides is 1. The molecule has 0 aliphatic rings. The Kier molecular flexibility index (Phi) is 7.53. The lowest BCUT2D eigenvalue weighted by molar-refractivity contribution is 0.573. The van der Waals surface area contributed by atoms with Gasteiger partial charge in [-0.2, -0.15) is 11.8 Å². The molecular weight excluding hydrogens is 312 g/mol. The van der Waals surface area contributed by atoms with Crippen LogP contribution in [-0.2, 0) is 16.6 Å². The Labute approximate surface area is 130 Å². The molecule has 0 aliphatic heterocycles. The number of aryl methyl sites for hydroxylation is 1. The van der Waals surface area contributed by atoms with Crippen molar-refractivity contribution in [1.29, 1.82) is 0 Å². The molecule has 0 fully saturated rings. The molecule has 1 aromatic heterocycles. The summed E-state index contributed by atoms with van der Waals surface area (Å²) in [4.78, 5) is 1.09. The molecule has 2 N–H and O–H groups in total. The predicted octanol–water partition coefficient (Wildman–Crippen LogP) is 2.59. The van der Waals surface area contributed by atoms with Crippen LogP contribution in [0.3, 0.4) is 0 Å². The van der Waals surface area contributed by atoms with Crippen LogP contribution in [-0.4, -0.2) is 33.0 Å². The fraction of sp³-hybridized carbons (Fsp3) is 0.692. The van der Waals surface area contributed by atoms with Crippen LogP contribution in [0, 0.1) is 6.92 Å². The summed E-state index contributed by atoms with van der Waals surface area (Å²) >= 11 is 2.99. The minimum absolute atomic E-state index is 0.0564. The molecule has 0 radical (unpaired) electrons. The van der Waals surface area contributed by atoms with Gasteiger partial charge < -0.3 is 5.32 Å². The molecule has 0 spiro atoms. The van der Waals surface area contributed by atoms with Crippen molar-refractivity contribution in [1.82, 2.24) is 10.0 Å². The first-order valence-corrected chi connectivity index (χ1v) is 10.4. The molecule has 1 heterocycles. The number of thiophene rings is 1. The molecule has 0 aliphatic carbocycles. The lowest BCUT2D eigenvalue weighted by atomic mass is 10.3. The highest BCUT2D eigenvalue weighted by molar-refractivity contribution is 7.98. The van der Waals surface area contributed by atoms with E-state index in [9.17, 15) is 8.42 Å². The molecule has 0 aromatic carbocycles. The van der Waals surface area contributed by atoms with Crippen molar-refractivity contribution in [3.05, 3.63) is 16.5 Å². The molecule has 116 valence electrons. The van der Waals surface area contributed by atoms with Crippen molar-refractivity contribution in [3.63, 3.8) is 0 Å². The van der Waals surface area contributed by atoms with Gasteiger partial charge >= 0.3 is 0 Å². The number of nitrogens with one attached hydrogen (secondary N) is 2. The van der Waals surface area contributed by atoms with Crippen LogP contribution in [0.4, 0.5) is 0 Å². The molecule has 1 unspecified atom stereocenters. The zero-order valence-electron chi connectivity index (χ0n) is 12.5. The molecule has 1 rings (SSSR count). The summed E-state index contributed by atoms with van der Waals surface area (Å²) in [5.41, 5.74) is 1.04. The van der Waals surface area contributed by atoms with E-state index in [4.69, 9.17) is 0 Å². The maximum Gasteiger partial charge on any atom is 0.250 e. The van der Waals surface area contributed by atoms with E-state index in [1.165, 1.54) is 11.3 Å². The minimum atomic E-state index is -3.39. The molecule has 7 heteroatoms. The van der Waals surface area contributed by atoms with E-state index in [0.717, 1.165) is 35.7 Å². The van der Waals surface area contributed by atoms with Crippen molar-refractivity contribution in [2.75, 3.05) is 18.6 Å². The van der Waals surface area contributed by atoms with E-state index in [1.807, 2.05) is 20.1 Å². The van der Waals surface area contributed by atoms with Crippen molar-refractivity contribution in [2.24, 2.45) is 0 Å².